The first-order valence-electron chi connectivity index (χ1n) is 13.7. The number of aryl methyl sites for hydroxylation is 1. The van der Waals surface area contributed by atoms with Crippen molar-refractivity contribution in [3.63, 3.8) is 0 Å². The number of aromatic carboxylic acids is 1. The van der Waals surface area contributed by atoms with Crippen molar-refractivity contribution in [1.29, 1.82) is 0 Å². The number of carboxylic acid groups (broad SMARTS) is 1. The fourth-order valence-electron chi connectivity index (χ4n) is 5.84. The first kappa shape index (κ1) is 26.7. The van der Waals surface area contributed by atoms with Crippen molar-refractivity contribution in [2.24, 2.45) is 4.99 Å². The van der Waals surface area contributed by atoms with Crippen LogP contribution in [0.2, 0.25) is 0 Å². The molecule has 0 radical (unpaired) electrons. The number of aromatic nitrogens is 1. The van der Waals surface area contributed by atoms with Crippen LogP contribution in [0.25, 0.3) is 23.1 Å². The van der Waals surface area contributed by atoms with E-state index in [9.17, 15) is 14.7 Å². The van der Waals surface area contributed by atoms with E-state index in [2.05, 4.69) is 12.1 Å². The summed E-state index contributed by atoms with van der Waals surface area (Å²) in [5.74, 6) is 1.43. The van der Waals surface area contributed by atoms with Crippen LogP contribution in [0.5, 0.6) is 11.5 Å². The zero-order chi connectivity index (χ0) is 29.7. The Morgan fingerprint density at radius 1 is 1.02 bits per heavy atom. The van der Waals surface area contributed by atoms with Gasteiger partial charge in [0, 0.05) is 22.8 Å². The van der Waals surface area contributed by atoms with Gasteiger partial charge in [-0.1, -0.05) is 47.7 Å². The monoisotopic (exact) mass is 590 g/mol. The molecule has 1 unspecified atom stereocenters. The number of benzene rings is 3. The average Bonchev–Trinajstić information content (AvgIpc) is 3.63. The van der Waals surface area contributed by atoms with Crippen LogP contribution < -0.4 is 24.4 Å². The predicted octanol–water partition coefficient (Wildman–Crippen LogP) is 5.29. The second kappa shape index (κ2) is 10.6. The average molecular weight is 591 g/mol. The van der Waals surface area contributed by atoms with Crippen LogP contribution in [0.3, 0.4) is 0 Å². The minimum Gasteiger partial charge on any atom is -0.497 e. The lowest BCUT2D eigenvalue weighted by Gasteiger charge is -2.31. The first-order chi connectivity index (χ1) is 20.9. The molecule has 2 aliphatic rings. The van der Waals surface area contributed by atoms with Crippen molar-refractivity contribution in [3.8, 4) is 22.8 Å². The van der Waals surface area contributed by atoms with E-state index in [1.807, 2.05) is 30.3 Å². The SMILES string of the molecule is COc1ccc(OC)c(C2C3=C(N=c4s/c(=C/c5ccc(-c6ccc(C(=O)O)cc6)o5)c(=O)n42)c2ccccc2CC3)c1. The van der Waals surface area contributed by atoms with E-state index in [-0.39, 0.29) is 11.1 Å². The number of thiazole rings is 1. The predicted molar refractivity (Wildman–Crippen MR) is 163 cm³/mol. The second-order valence-electron chi connectivity index (χ2n) is 10.3. The first-order valence-corrected chi connectivity index (χ1v) is 14.6. The molecule has 214 valence electrons. The lowest BCUT2D eigenvalue weighted by atomic mass is 9.83. The maximum atomic E-state index is 14.1. The van der Waals surface area contributed by atoms with Crippen LogP contribution in [-0.2, 0) is 6.42 Å². The number of fused-ring (bicyclic) bond motifs is 3. The fraction of sp³-hybridized carbons (Fsp3) is 0.147. The van der Waals surface area contributed by atoms with Gasteiger partial charge in [0.05, 0.1) is 36.1 Å². The van der Waals surface area contributed by atoms with Gasteiger partial charge in [0.25, 0.3) is 5.56 Å². The Labute approximate surface area is 250 Å². The van der Waals surface area contributed by atoms with Gasteiger partial charge in [-0.05, 0) is 66.4 Å². The number of allylic oxidation sites excluding steroid dienone is 1. The van der Waals surface area contributed by atoms with Crippen molar-refractivity contribution in [2.45, 2.75) is 18.9 Å². The number of carboxylic acids is 1. The summed E-state index contributed by atoms with van der Waals surface area (Å²) in [7, 11) is 3.25. The van der Waals surface area contributed by atoms with Crippen molar-refractivity contribution in [2.75, 3.05) is 14.2 Å². The number of hydrogen-bond acceptors (Lipinski definition) is 7. The third-order valence-electron chi connectivity index (χ3n) is 7.92. The highest BCUT2D eigenvalue weighted by Crippen LogP contribution is 2.44. The number of rotatable bonds is 6. The van der Waals surface area contributed by atoms with Gasteiger partial charge in [-0.3, -0.25) is 9.36 Å². The number of carbonyl (C=O) groups is 1. The standard InChI is InChI=1S/C34H26N2O6S/c1-40-22-12-16-28(41-2)26(17-22)31-25-14-11-19-5-3-4-6-24(19)30(25)35-34-36(31)32(37)29(43-34)18-23-13-15-27(42-23)20-7-9-21(10-8-20)33(38)39/h3-10,12-13,15-18,31H,11,14H2,1-2H3,(H,38,39)/b29-18+. The van der Waals surface area contributed by atoms with Gasteiger partial charge in [-0.15, -0.1) is 0 Å². The lowest BCUT2D eigenvalue weighted by molar-refractivity contribution is 0.0697. The van der Waals surface area contributed by atoms with Crippen molar-refractivity contribution >= 4 is 29.1 Å². The molecular weight excluding hydrogens is 564 g/mol. The minimum atomic E-state index is -0.989. The molecular formula is C34H26N2O6S. The Morgan fingerprint density at radius 2 is 1.84 bits per heavy atom. The number of furan rings is 1. The molecule has 8 nitrogen and oxygen atoms in total. The Balaban J connectivity index is 1.39. The molecule has 43 heavy (non-hydrogen) atoms. The zero-order valence-electron chi connectivity index (χ0n) is 23.4. The van der Waals surface area contributed by atoms with Crippen LogP contribution in [0.1, 0.15) is 45.3 Å². The molecule has 9 heteroatoms. The lowest BCUT2D eigenvalue weighted by Crippen LogP contribution is -2.39. The summed E-state index contributed by atoms with van der Waals surface area (Å²) in [4.78, 5) is 31.0. The molecule has 1 N–H and O–H groups in total. The third kappa shape index (κ3) is 4.58. The Kier molecular flexibility index (Phi) is 6.59. The highest BCUT2D eigenvalue weighted by molar-refractivity contribution is 7.07. The van der Waals surface area contributed by atoms with Crippen LogP contribution in [0, 0.1) is 0 Å². The molecule has 0 bridgehead atoms. The van der Waals surface area contributed by atoms with Crippen molar-refractivity contribution in [3.05, 3.63) is 132 Å². The largest absolute Gasteiger partial charge is 0.497 e. The van der Waals surface area contributed by atoms with E-state index in [0.29, 0.717) is 32.4 Å². The molecule has 0 fully saturated rings. The van der Waals surface area contributed by atoms with E-state index >= 15 is 0 Å². The molecule has 0 saturated carbocycles. The van der Waals surface area contributed by atoms with E-state index in [1.54, 1.807) is 49.1 Å². The molecule has 1 aliphatic carbocycles. The highest BCUT2D eigenvalue weighted by atomic mass is 32.1. The van der Waals surface area contributed by atoms with Gasteiger partial charge in [-0.2, -0.15) is 0 Å². The summed E-state index contributed by atoms with van der Waals surface area (Å²) >= 11 is 1.32. The molecule has 3 heterocycles. The maximum Gasteiger partial charge on any atom is 0.335 e. The number of ether oxygens (including phenoxy) is 2. The summed E-state index contributed by atoms with van der Waals surface area (Å²) in [5, 5.41) is 9.19. The van der Waals surface area contributed by atoms with Gasteiger partial charge < -0.3 is 19.0 Å². The van der Waals surface area contributed by atoms with Crippen LogP contribution >= 0.6 is 11.3 Å². The highest BCUT2D eigenvalue weighted by Gasteiger charge is 2.34. The van der Waals surface area contributed by atoms with E-state index in [4.69, 9.17) is 18.9 Å². The normalized spacial score (nSPS) is 15.8. The van der Waals surface area contributed by atoms with Gasteiger partial charge in [-0.25, -0.2) is 9.79 Å². The summed E-state index contributed by atoms with van der Waals surface area (Å²) in [5.41, 5.74) is 5.88. The van der Waals surface area contributed by atoms with Crippen molar-refractivity contribution in [1.82, 2.24) is 4.57 Å². The van der Waals surface area contributed by atoms with Crippen LogP contribution in [-0.4, -0.2) is 29.9 Å². The summed E-state index contributed by atoms with van der Waals surface area (Å²) in [6.45, 7) is 0. The molecule has 1 atom stereocenters. The molecule has 7 rings (SSSR count). The Hall–Kier alpha value is -5.15. The molecule has 0 amide bonds. The fourth-order valence-corrected chi connectivity index (χ4v) is 6.82. The third-order valence-corrected chi connectivity index (χ3v) is 8.90. The molecule has 5 aromatic rings. The smallest absolute Gasteiger partial charge is 0.335 e. The van der Waals surface area contributed by atoms with Crippen molar-refractivity contribution < 1.29 is 23.8 Å². The Morgan fingerprint density at radius 3 is 2.60 bits per heavy atom. The van der Waals surface area contributed by atoms with Crippen LogP contribution in [0.4, 0.5) is 0 Å². The minimum absolute atomic E-state index is 0.173. The topological polar surface area (TPSA) is 103 Å². The molecule has 3 aromatic carbocycles. The molecule has 0 spiro atoms. The van der Waals surface area contributed by atoms with Gasteiger partial charge in [0.2, 0.25) is 0 Å². The van der Waals surface area contributed by atoms with Gasteiger partial charge in [0.15, 0.2) is 4.80 Å². The van der Waals surface area contributed by atoms with E-state index < -0.39 is 12.0 Å². The van der Waals surface area contributed by atoms with E-state index in [1.165, 1.54) is 29.0 Å². The second-order valence-corrected chi connectivity index (χ2v) is 11.3. The quantitative estimate of drug-likeness (QED) is 0.288. The van der Waals surface area contributed by atoms with Gasteiger partial charge in [0.1, 0.15) is 23.0 Å². The molecule has 2 aromatic heterocycles. The maximum absolute atomic E-state index is 14.1. The number of hydrogen-bond donors (Lipinski definition) is 1. The van der Waals surface area contributed by atoms with E-state index in [0.717, 1.165) is 40.8 Å². The molecule has 1 aliphatic heterocycles. The Bertz CT molecular complexity index is 2120. The van der Waals surface area contributed by atoms with Crippen LogP contribution in [0.15, 0.2) is 98.6 Å². The number of methoxy groups -OCH3 is 2. The number of nitrogens with zero attached hydrogens (tertiary/aromatic N) is 2. The summed E-state index contributed by atoms with van der Waals surface area (Å²) < 4.78 is 19.7. The summed E-state index contributed by atoms with van der Waals surface area (Å²) in [6, 6.07) is 23.6. The zero-order valence-corrected chi connectivity index (χ0v) is 24.2. The summed E-state index contributed by atoms with van der Waals surface area (Å²) in [6.07, 6.45) is 3.34. The van der Waals surface area contributed by atoms with Gasteiger partial charge >= 0.3 is 5.97 Å². The molecule has 0 saturated heterocycles.